The number of ether oxygens (including phenoxy) is 1. The van der Waals surface area contributed by atoms with E-state index in [1.807, 2.05) is 0 Å². The second-order valence-electron chi connectivity index (χ2n) is 4.09. The van der Waals surface area contributed by atoms with Gasteiger partial charge in [0.2, 0.25) is 12.3 Å². The fourth-order valence-corrected chi connectivity index (χ4v) is 1.81. The van der Waals surface area contributed by atoms with E-state index in [0.29, 0.717) is 38.3 Å². The van der Waals surface area contributed by atoms with Crippen molar-refractivity contribution in [1.29, 1.82) is 0 Å². The fraction of sp³-hybridized carbons (Fsp3) is 0.818. The molecule has 0 atom stereocenters. The molecule has 0 unspecified atom stereocenters. The number of rotatable bonds is 6. The average Bonchev–Trinajstić information content (AvgIpc) is 2.31. The molecule has 0 aromatic carbocycles. The molecule has 1 aliphatic rings. The standard InChI is InChI=1S/C11H20N2O3/c12-4-1-5-13(9-14)11(15)8-10-2-6-16-7-3-10/h9-10H,1-8,12H2. The molecule has 5 nitrogen and oxygen atoms in total. The quantitative estimate of drug-likeness (QED) is 0.656. The number of amides is 2. The SMILES string of the molecule is NCCCN(C=O)C(=O)CC1CCOCC1. The Labute approximate surface area is 95.9 Å². The second kappa shape index (κ2) is 7.35. The second-order valence-corrected chi connectivity index (χ2v) is 4.09. The van der Waals surface area contributed by atoms with Gasteiger partial charge < -0.3 is 10.5 Å². The Bertz CT molecular complexity index is 227. The van der Waals surface area contributed by atoms with E-state index in [0.717, 1.165) is 26.1 Å². The lowest BCUT2D eigenvalue weighted by molar-refractivity contribution is -0.139. The lowest BCUT2D eigenvalue weighted by Gasteiger charge is -2.23. The predicted octanol–water partition coefficient (Wildman–Crippen LogP) is 0.137. The van der Waals surface area contributed by atoms with Crippen molar-refractivity contribution in [3.05, 3.63) is 0 Å². The summed E-state index contributed by atoms with van der Waals surface area (Å²) in [5.41, 5.74) is 5.35. The Hall–Kier alpha value is -0.940. The van der Waals surface area contributed by atoms with Crippen LogP contribution in [0.1, 0.15) is 25.7 Å². The van der Waals surface area contributed by atoms with Crippen LogP contribution in [0, 0.1) is 5.92 Å². The van der Waals surface area contributed by atoms with Crippen molar-refractivity contribution >= 4 is 12.3 Å². The minimum atomic E-state index is -0.0876. The van der Waals surface area contributed by atoms with Gasteiger partial charge in [0.1, 0.15) is 0 Å². The molecule has 1 aliphatic heterocycles. The van der Waals surface area contributed by atoms with Crippen molar-refractivity contribution in [2.45, 2.75) is 25.7 Å². The van der Waals surface area contributed by atoms with Crippen molar-refractivity contribution in [3.8, 4) is 0 Å². The van der Waals surface area contributed by atoms with Crippen LogP contribution in [0.5, 0.6) is 0 Å². The summed E-state index contributed by atoms with van der Waals surface area (Å²) in [5, 5.41) is 0. The smallest absolute Gasteiger partial charge is 0.229 e. The van der Waals surface area contributed by atoms with Crippen LogP contribution in [0.15, 0.2) is 0 Å². The first kappa shape index (κ1) is 13.1. The van der Waals surface area contributed by atoms with Crippen molar-refractivity contribution in [1.82, 2.24) is 4.90 Å². The Kier molecular flexibility index (Phi) is 6.03. The zero-order chi connectivity index (χ0) is 11.8. The van der Waals surface area contributed by atoms with Gasteiger partial charge in [0.25, 0.3) is 0 Å². The number of imide groups is 1. The highest BCUT2D eigenvalue weighted by Crippen LogP contribution is 2.19. The van der Waals surface area contributed by atoms with E-state index in [4.69, 9.17) is 10.5 Å². The highest BCUT2D eigenvalue weighted by Gasteiger charge is 2.20. The van der Waals surface area contributed by atoms with E-state index in [2.05, 4.69) is 0 Å². The third-order valence-corrected chi connectivity index (χ3v) is 2.85. The third kappa shape index (κ3) is 4.28. The molecule has 0 aliphatic carbocycles. The zero-order valence-electron chi connectivity index (χ0n) is 9.56. The molecule has 1 saturated heterocycles. The van der Waals surface area contributed by atoms with Crippen molar-refractivity contribution < 1.29 is 14.3 Å². The van der Waals surface area contributed by atoms with Crippen LogP contribution in [0.3, 0.4) is 0 Å². The maximum absolute atomic E-state index is 11.8. The van der Waals surface area contributed by atoms with Gasteiger partial charge in [-0.1, -0.05) is 0 Å². The summed E-state index contributed by atoms with van der Waals surface area (Å²) in [6, 6.07) is 0. The summed E-state index contributed by atoms with van der Waals surface area (Å²) in [5.74, 6) is 0.275. The maximum Gasteiger partial charge on any atom is 0.229 e. The minimum Gasteiger partial charge on any atom is -0.381 e. The van der Waals surface area contributed by atoms with Crippen LogP contribution in [0.2, 0.25) is 0 Å². The normalized spacial score (nSPS) is 17.1. The summed E-state index contributed by atoms with van der Waals surface area (Å²) >= 11 is 0. The molecule has 0 bridgehead atoms. The lowest BCUT2D eigenvalue weighted by atomic mass is 9.96. The van der Waals surface area contributed by atoms with Crippen LogP contribution < -0.4 is 5.73 Å². The summed E-state index contributed by atoms with van der Waals surface area (Å²) in [6.07, 6.45) is 3.55. The number of carbonyl (C=O) groups is 2. The number of hydrogen-bond acceptors (Lipinski definition) is 4. The zero-order valence-corrected chi connectivity index (χ0v) is 9.56. The fourth-order valence-electron chi connectivity index (χ4n) is 1.81. The molecule has 1 rings (SSSR count). The van der Waals surface area contributed by atoms with Gasteiger partial charge in [-0.3, -0.25) is 14.5 Å². The molecule has 92 valence electrons. The molecule has 0 saturated carbocycles. The Morgan fingerprint density at radius 1 is 1.44 bits per heavy atom. The molecule has 0 aromatic heterocycles. The summed E-state index contributed by atoms with van der Waals surface area (Å²) in [6.45, 7) is 2.38. The van der Waals surface area contributed by atoms with Gasteiger partial charge in [0.15, 0.2) is 0 Å². The number of nitrogens with two attached hydrogens (primary N) is 1. The number of nitrogens with zero attached hydrogens (tertiary/aromatic N) is 1. The molecule has 2 amide bonds. The van der Waals surface area contributed by atoms with E-state index in [1.165, 1.54) is 4.90 Å². The van der Waals surface area contributed by atoms with E-state index >= 15 is 0 Å². The van der Waals surface area contributed by atoms with Gasteiger partial charge >= 0.3 is 0 Å². The van der Waals surface area contributed by atoms with Crippen LogP contribution in [-0.2, 0) is 14.3 Å². The van der Waals surface area contributed by atoms with Gasteiger partial charge in [-0.2, -0.15) is 0 Å². The monoisotopic (exact) mass is 228 g/mol. The molecule has 1 heterocycles. The highest BCUT2D eigenvalue weighted by molar-refractivity contribution is 5.86. The summed E-state index contributed by atoms with van der Waals surface area (Å²) < 4.78 is 5.22. The third-order valence-electron chi connectivity index (χ3n) is 2.85. The van der Waals surface area contributed by atoms with Gasteiger partial charge in [0.05, 0.1) is 0 Å². The van der Waals surface area contributed by atoms with Crippen LogP contribution >= 0.6 is 0 Å². The molecule has 5 heteroatoms. The first-order valence-corrected chi connectivity index (χ1v) is 5.80. The predicted molar refractivity (Wildman–Crippen MR) is 59.6 cm³/mol. The van der Waals surface area contributed by atoms with Gasteiger partial charge in [-0.15, -0.1) is 0 Å². The Morgan fingerprint density at radius 3 is 2.69 bits per heavy atom. The van der Waals surface area contributed by atoms with Gasteiger partial charge in [-0.25, -0.2) is 0 Å². The maximum atomic E-state index is 11.8. The van der Waals surface area contributed by atoms with E-state index in [-0.39, 0.29) is 5.91 Å². The lowest BCUT2D eigenvalue weighted by Crippen LogP contribution is -2.33. The average molecular weight is 228 g/mol. The van der Waals surface area contributed by atoms with Crippen molar-refractivity contribution in [2.75, 3.05) is 26.3 Å². The molecule has 0 spiro atoms. The van der Waals surface area contributed by atoms with Gasteiger partial charge in [0, 0.05) is 26.2 Å². The van der Waals surface area contributed by atoms with Gasteiger partial charge in [-0.05, 0) is 31.7 Å². The number of hydrogen-bond donors (Lipinski definition) is 1. The highest BCUT2D eigenvalue weighted by atomic mass is 16.5. The van der Waals surface area contributed by atoms with E-state index in [9.17, 15) is 9.59 Å². The molecule has 1 fully saturated rings. The van der Waals surface area contributed by atoms with Crippen LogP contribution in [0.25, 0.3) is 0 Å². The Morgan fingerprint density at radius 2 is 2.12 bits per heavy atom. The first-order chi connectivity index (χ1) is 7.77. The largest absolute Gasteiger partial charge is 0.381 e. The molecule has 0 aromatic rings. The van der Waals surface area contributed by atoms with Crippen LogP contribution in [-0.4, -0.2) is 43.5 Å². The van der Waals surface area contributed by atoms with E-state index < -0.39 is 0 Å². The summed E-state index contributed by atoms with van der Waals surface area (Å²) in [4.78, 5) is 23.7. The Balaban J connectivity index is 2.32. The number of carbonyl (C=O) groups excluding carboxylic acids is 2. The van der Waals surface area contributed by atoms with E-state index in [1.54, 1.807) is 0 Å². The van der Waals surface area contributed by atoms with Crippen molar-refractivity contribution in [2.24, 2.45) is 11.7 Å². The first-order valence-electron chi connectivity index (χ1n) is 5.80. The van der Waals surface area contributed by atoms with Crippen LogP contribution in [0.4, 0.5) is 0 Å². The molecule has 2 N–H and O–H groups in total. The minimum absolute atomic E-state index is 0.0876. The molecule has 0 radical (unpaired) electrons. The van der Waals surface area contributed by atoms with Crippen molar-refractivity contribution in [3.63, 3.8) is 0 Å². The molecular weight excluding hydrogens is 208 g/mol. The molecule has 16 heavy (non-hydrogen) atoms. The summed E-state index contributed by atoms with van der Waals surface area (Å²) in [7, 11) is 0. The topological polar surface area (TPSA) is 72.6 Å². The molecular formula is C11H20N2O3.